The van der Waals surface area contributed by atoms with Crippen LogP contribution in [0.2, 0.25) is 0 Å². The van der Waals surface area contributed by atoms with E-state index in [1.165, 1.54) is 6.92 Å². The molecule has 0 bridgehead atoms. The molecule has 0 fully saturated rings. The number of methoxy groups -OCH3 is 1. The summed E-state index contributed by atoms with van der Waals surface area (Å²) in [6.07, 6.45) is 0.695. The summed E-state index contributed by atoms with van der Waals surface area (Å²) in [5.74, 6) is 1.01. The first kappa shape index (κ1) is 13.1. The van der Waals surface area contributed by atoms with E-state index in [1.807, 2.05) is 36.4 Å². The minimum atomic E-state index is -0.320. The Morgan fingerprint density at radius 2 is 1.84 bits per heavy atom. The SMILES string of the molecule is COc1ccc(OC(C)=O)c(Cc2ccccc2)c1. The van der Waals surface area contributed by atoms with E-state index in [0.717, 1.165) is 16.9 Å². The zero-order valence-electron chi connectivity index (χ0n) is 11.1. The smallest absolute Gasteiger partial charge is 0.308 e. The molecule has 0 aliphatic heterocycles. The number of hydrogen-bond donors (Lipinski definition) is 0. The standard InChI is InChI=1S/C16H16O3/c1-12(17)19-16-9-8-15(18-2)11-14(16)10-13-6-4-3-5-7-13/h3-9,11H,10H2,1-2H3. The van der Waals surface area contributed by atoms with Crippen molar-refractivity contribution < 1.29 is 14.3 Å². The van der Waals surface area contributed by atoms with Crippen molar-refractivity contribution in [1.29, 1.82) is 0 Å². The van der Waals surface area contributed by atoms with Crippen LogP contribution in [0.25, 0.3) is 0 Å². The molecule has 2 aromatic rings. The highest BCUT2D eigenvalue weighted by atomic mass is 16.5. The topological polar surface area (TPSA) is 35.5 Å². The average molecular weight is 256 g/mol. The summed E-state index contributed by atoms with van der Waals surface area (Å²) in [5, 5.41) is 0. The lowest BCUT2D eigenvalue weighted by Gasteiger charge is -2.11. The molecule has 0 saturated carbocycles. The fourth-order valence-corrected chi connectivity index (χ4v) is 1.89. The molecule has 0 aromatic heterocycles. The van der Waals surface area contributed by atoms with Crippen LogP contribution < -0.4 is 9.47 Å². The Kier molecular flexibility index (Phi) is 4.18. The van der Waals surface area contributed by atoms with E-state index in [4.69, 9.17) is 9.47 Å². The first-order valence-corrected chi connectivity index (χ1v) is 6.08. The molecule has 0 atom stereocenters. The van der Waals surface area contributed by atoms with Gasteiger partial charge in [-0.15, -0.1) is 0 Å². The van der Waals surface area contributed by atoms with Crippen LogP contribution in [0.1, 0.15) is 18.1 Å². The van der Waals surface area contributed by atoms with E-state index in [0.29, 0.717) is 12.2 Å². The Hall–Kier alpha value is -2.29. The zero-order chi connectivity index (χ0) is 13.7. The molecule has 0 heterocycles. The number of rotatable bonds is 4. The van der Waals surface area contributed by atoms with E-state index < -0.39 is 0 Å². The Morgan fingerprint density at radius 3 is 2.47 bits per heavy atom. The molecule has 0 N–H and O–H groups in total. The van der Waals surface area contributed by atoms with E-state index in [2.05, 4.69) is 0 Å². The highest BCUT2D eigenvalue weighted by molar-refractivity contribution is 5.70. The summed E-state index contributed by atoms with van der Waals surface area (Å²) in [6.45, 7) is 1.40. The monoisotopic (exact) mass is 256 g/mol. The van der Waals surface area contributed by atoms with Gasteiger partial charge in [-0.25, -0.2) is 0 Å². The molecule has 19 heavy (non-hydrogen) atoms. The van der Waals surface area contributed by atoms with Crippen molar-refractivity contribution in [3.63, 3.8) is 0 Å². The molecular weight excluding hydrogens is 240 g/mol. The van der Waals surface area contributed by atoms with Crippen LogP contribution in [0, 0.1) is 0 Å². The van der Waals surface area contributed by atoms with Crippen molar-refractivity contribution in [2.24, 2.45) is 0 Å². The van der Waals surface area contributed by atoms with Gasteiger partial charge in [0.25, 0.3) is 0 Å². The van der Waals surface area contributed by atoms with E-state index in [1.54, 1.807) is 19.2 Å². The van der Waals surface area contributed by atoms with E-state index >= 15 is 0 Å². The fourth-order valence-electron chi connectivity index (χ4n) is 1.89. The molecule has 0 amide bonds. The first-order chi connectivity index (χ1) is 9.19. The third-order valence-corrected chi connectivity index (χ3v) is 2.76. The van der Waals surface area contributed by atoms with Crippen LogP contribution in [0.5, 0.6) is 11.5 Å². The van der Waals surface area contributed by atoms with Gasteiger partial charge in [0.1, 0.15) is 11.5 Å². The second kappa shape index (κ2) is 6.05. The number of carbonyl (C=O) groups is 1. The van der Waals surface area contributed by atoms with Gasteiger partial charge in [0, 0.05) is 18.9 Å². The Morgan fingerprint density at radius 1 is 1.11 bits per heavy atom. The number of benzene rings is 2. The van der Waals surface area contributed by atoms with Crippen molar-refractivity contribution in [2.45, 2.75) is 13.3 Å². The first-order valence-electron chi connectivity index (χ1n) is 6.08. The predicted molar refractivity (Wildman–Crippen MR) is 73.6 cm³/mol. The zero-order valence-corrected chi connectivity index (χ0v) is 11.1. The molecule has 0 radical (unpaired) electrons. The van der Waals surface area contributed by atoms with Gasteiger partial charge in [0.2, 0.25) is 0 Å². The van der Waals surface area contributed by atoms with Gasteiger partial charge in [0.05, 0.1) is 7.11 Å². The van der Waals surface area contributed by atoms with Gasteiger partial charge in [-0.3, -0.25) is 4.79 Å². The molecule has 0 aliphatic carbocycles. The summed E-state index contributed by atoms with van der Waals surface area (Å²) in [4.78, 5) is 11.1. The summed E-state index contributed by atoms with van der Waals surface area (Å²) in [5.41, 5.74) is 2.09. The molecule has 2 rings (SSSR count). The lowest BCUT2D eigenvalue weighted by molar-refractivity contribution is -0.131. The largest absolute Gasteiger partial charge is 0.497 e. The summed E-state index contributed by atoms with van der Waals surface area (Å²) in [6, 6.07) is 15.5. The Balaban J connectivity index is 2.32. The molecule has 0 unspecified atom stereocenters. The fraction of sp³-hybridized carbons (Fsp3) is 0.188. The molecule has 3 nitrogen and oxygen atoms in total. The van der Waals surface area contributed by atoms with Crippen LogP contribution in [0.4, 0.5) is 0 Å². The van der Waals surface area contributed by atoms with Crippen molar-refractivity contribution in [3.05, 3.63) is 59.7 Å². The predicted octanol–water partition coefficient (Wildman–Crippen LogP) is 3.21. The van der Waals surface area contributed by atoms with Gasteiger partial charge >= 0.3 is 5.97 Å². The third-order valence-electron chi connectivity index (χ3n) is 2.76. The van der Waals surface area contributed by atoms with Gasteiger partial charge < -0.3 is 9.47 Å². The molecule has 98 valence electrons. The van der Waals surface area contributed by atoms with E-state index in [9.17, 15) is 4.79 Å². The molecule has 0 saturated heterocycles. The minimum absolute atomic E-state index is 0.320. The maximum absolute atomic E-state index is 11.1. The second-order valence-corrected chi connectivity index (χ2v) is 4.23. The molecule has 0 aliphatic rings. The maximum atomic E-state index is 11.1. The second-order valence-electron chi connectivity index (χ2n) is 4.23. The van der Waals surface area contributed by atoms with Gasteiger partial charge in [-0.1, -0.05) is 30.3 Å². The van der Waals surface area contributed by atoms with Crippen molar-refractivity contribution in [3.8, 4) is 11.5 Å². The van der Waals surface area contributed by atoms with Crippen molar-refractivity contribution >= 4 is 5.97 Å². The molecule has 2 aromatic carbocycles. The number of esters is 1. The summed E-state index contributed by atoms with van der Waals surface area (Å²) < 4.78 is 10.4. The molecular formula is C16H16O3. The van der Waals surface area contributed by atoms with Gasteiger partial charge in [0.15, 0.2) is 0 Å². The minimum Gasteiger partial charge on any atom is -0.497 e. The third kappa shape index (κ3) is 3.58. The van der Waals surface area contributed by atoms with Crippen LogP contribution in [-0.2, 0) is 11.2 Å². The highest BCUT2D eigenvalue weighted by Crippen LogP contribution is 2.26. The lowest BCUT2D eigenvalue weighted by atomic mass is 10.0. The maximum Gasteiger partial charge on any atom is 0.308 e. The summed E-state index contributed by atoms with van der Waals surface area (Å²) >= 11 is 0. The number of hydrogen-bond acceptors (Lipinski definition) is 3. The Bertz CT molecular complexity index is 561. The molecule has 0 spiro atoms. The normalized spacial score (nSPS) is 10.0. The molecule has 3 heteroatoms. The van der Waals surface area contributed by atoms with Crippen molar-refractivity contribution in [2.75, 3.05) is 7.11 Å². The van der Waals surface area contributed by atoms with Crippen LogP contribution in [-0.4, -0.2) is 13.1 Å². The lowest BCUT2D eigenvalue weighted by Crippen LogP contribution is -2.04. The average Bonchev–Trinajstić information content (AvgIpc) is 2.41. The van der Waals surface area contributed by atoms with Crippen LogP contribution in [0.3, 0.4) is 0 Å². The van der Waals surface area contributed by atoms with Crippen LogP contribution >= 0.6 is 0 Å². The highest BCUT2D eigenvalue weighted by Gasteiger charge is 2.08. The number of ether oxygens (including phenoxy) is 2. The van der Waals surface area contributed by atoms with Crippen LogP contribution in [0.15, 0.2) is 48.5 Å². The van der Waals surface area contributed by atoms with Crippen molar-refractivity contribution in [1.82, 2.24) is 0 Å². The quantitative estimate of drug-likeness (QED) is 0.622. The van der Waals surface area contributed by atoms with Gasteiger partial charge in [-0.05, 0) is 23.8 Å². The number of carbonyl (C=O) groups excluding carboxylic acids is 1. The summed E-state index contributed by atoms with van der Waals surface area (Å²) in [7, 11) is 1.62. The Labute approximate surface area is 112 Å². The van der Waals surface area contributed by atoms with E-state index in [-0.39, 0.29) is 5.97 Å². The van der Waals surface area contributed by atoms with Gasteiger partial charge in [-0.2, -0.15) is 0 Å².